The summed E-state index contributed by atoms with van der Waals surface area (Å²) in [7, 11) is 3.31. The Bertz CT molecular complexity index is 1430. The number of anilines is 1. The first-order valence-corrected chi connectivity index (χ1v) is 16.6. The minimum Gasteiger partial charge on any atom is -0.446 e. The lowest BCUT2D eigenvalue weighted by atomic mass is 9.58. The van der Waals surface area contributed by atoms with Crippen LogP contribution in [0.15, 0.2) is 67.0 Å². The van der Waals surface area contributed by atoms with Gasteiger partial charge in [-0.05, 0) is 87.9 Å². The van der Waals surface area contributed by atoms with Gasteiger partial charge in [0.25, 0.3) is 5.91 Å². The Morgan fingerprint density at radius 3 is 2.33 bits per heavy atom. The molecule has 2 N–H and O–H groups in total. The lowest BCUT2D eigenvalue weighted by Gasteiger charge is -2.51. The zero-order chi connectivity index (χ0) is 31.4. The molecule has 1 aliphatic carbocycles. The van der Waals surface area contributed by atoms with Gasteiger partial charge in [0.2, 0.25) is 0 Å². The first kappa shape index (κ1) is 31.1. The Kier molecular flexibility index (Phi) is 9.45. The normalized spacial score (nSPS) is 22.4. The van der Waals surface area contributed by atoms with Crippen LogP contribution in [-0.2, 0) is 16.7 Å². The molecule has 0 bridgehead atoms. The predicted octanol–water partition coefficient (Wildman–Crippen LogP) is 4.86. The van der Waals surface area contributed by atoms with Gasteiger partial charge >= 0.3 is 6.09 Å². The molecule has 240 valence electrons. The molecule has 3 aromatic rings. The third-order valence-corrected chi connectivity index (χ3v) is 10.8. The number of piperidine rings is 1. The van der Waals surface area contributed by atoms with Gasteiger partial charge < -0.3 is 29.7 Å². The van der Waals surface area contributed by atoms with Crippen LogP contribution in [0.5, 0.6) is 0 Å². The Balaban J connectivity index is 1.17. The van der Waals surface area contributed by atoms with Crippen LogP contribution in [0.2, 0.25) is 0 Å². The molecule has 2 saturated heterocycles. The summed E-state index contributed by atoms with van der Waals surface area (Å²) in [5.41, 5.74) is 3.05. The first-order chi connectivity index (χ1) is 21.9. The number of benzene rings is 2. The van der Waals surface area contributed by atoms with Crippen LogP contribution >= 0.6 is 0 Å². The van der Waals surface area contributed by atoms with E-state index >= 15 is 0 Å². The van der Waals surface area contributed by atoms with E-state index in [1.165, 1.54) is 11.3 Å². The van der Waals surface area contributed by atoms with Crippen molar-refractivity contribution >= 4 is 17.7 Å². The van der Waals surface area contributed by atoms with Crippen molar-refractivity contribution in [2.24, 2.45) is 17.8 Å². The van der Waals surface area contributed by atoms with Crippen LogP contribution in [0.1, 0.15) is 53.8 Å². The molecule has 1 aromatic heterocycles. The number of aryl methyl sites for hydroxylation is 1. The monoisotopic (exact) mass is 612 g/mol. The van der Waals surface area contributed by atoms with Crippen LogP contribution in [0.25, 0.3) is 0 Å². The Morgan fingerprint density at radius 1 is 0.956 bits per heavy atom. The molecular formula is C36H48N6O3. The van der Waals surface area contributed by atoms with Crippen molar-refractivity contribution in [3.05, 3.63) is 83.9 Å². The largest absolute Gasteiger partial charge is 0.446 e. The highest BCUT2D eigenvalue weighted by molar-refractivity contribution is 5.94. The molecule has 9 nitrogen and oxygen atoms in total. The van der Waals surface area contributed by atoms with Crippen LogP contribution < -0.4 is 15.5 Å². The minimum absolute atomic E-state index is 0.0506. The Labute approximate surface area is 267 Å². The first-order valence-electron chi connectivity index (χ1n) is 16.6. The molecule has 9 heteroatoms. The van der Waals surface area contributed by atoms with E-state index in [4.69, 9.17) is 4.74 Å². The van der Waals surface area contributed by atoms with Crippen molar-refractivity contribution in [3.8, 4) is 0 Å². The maximum atomic E-state index is 12.5. The molecule has 2 aliphatic heterocycles. The van der Waals surface area contributed by atoms with E-state index < -0.39 is 0 Å². The second-order valence-electron chi connectivity index (χ2n) is 13.2. The van der Waals surface area contributed by atoms with E-state index in [1.807, 2.05) is 18.3 Å². The van der Waals surface area contributed by atoms with Crippen LogP contribution in [0.4, 0.5) is 10.5 Å². The predicted molar refractivity (Wildman–Crippen MR) is 176 cm³/mol. The van der Waals surface area contributed by atoms with Gasteiger partial charge in [-0.1, -0.05) is 30.3 Å². The van der Waals surface area contributed by atoms with Crippen LogP contribution in [-0.4, -0.2) is 79.4 Å². The number of amides is 2. The number of ether oxygens (including phenoxy) is 1. The number of hydrogen-bond acceptors (Lipinski definition) is 6. The molecule has 1 saturated carbocycles. The van der Waals surface area contributed by atoms with Gasteiger partial charge in [-0.2, -0.15) is 0 Å². The standard InChI is InChI=1S/C36H48N6O3/c1-26-39-18-21-41(26)25-36(29-8-5-4-6-9-29,32-10-7-11-33(32)45-35(44)38-3)30-16-19-40(20-17-30)22-27-23-42(24-27)31-14-12-28(13-15-31)34(43)37-2/h4-6,8-9,12-15,18,21,27,30,32-33H,7,10-11,16-17,19-20,22-25H2,1-3H3,(H,37,43)(H,38,44)/t32-,33-,36+/m0/s1. The number of likely N-dealkylation sites (tertiary alicyclic amines) is 1. The lowest BCUT2D eigenvalue weighted by Crippen LogP contribution is -2.55. The van der Waals surface area contributed by atoms with E-state index in [0.717, 1.165) is 77.2 Å². The van der Waals surface area contributed by atoms with Gasteiger partial charge in [0, 0.05) is 81.2 Å². The molecule has 2 amide bonds. The van der Waals surface area contributed by atoms with Gasteiger partial charge in [0.05, 0.1) is 0 Å². The van der Waals surface area contributed by atoms with Crippen molar-refractivity contribution in [1.82, 2.24) is 25.1 Å². The van der Waals surface area contributed by atoms with E-state index in [-0.39, 0.29) is 29.4 Å². The number of carbonyl (C=O) groups excluding carboxylic acids is 2. The molecule has 0 radical (unpaired) electrons. The summed E-state index contributed by atoms with van der Waals surface area (Å²) in [6, 6.07) is 19.0. The quantitative estimate of drug-likeness (QED) is 0.340. The summed E-state index contributed by atoms with van der Waals surface area (Å²) in [6.45, 7) is 8.29. The van der Waals surface area contributed by atoms with Gasteiger partial charge in [-0.3, -0.25) is 4.79 Å². The molecule has 3 heterocycles. The number of imidazole rings is 1. The molecule has 3 fully saturated rings. The number of nitrogens with one attached hydrogen (secondary N) is 2. The molecule has 6 rings (SSSR count). The lowest BCUT2D eigenvalue weighted by molar-refractivity contribution is 0.00180. The number of alkyl carbamates (subject to hydrolysis) is 1. The molecular weight excluding hydrogens is 564 g/mol. The summed E-state index contributed by atoms with van der Waals surface area (Å²) < 4.78 is 8.42. The zero-order valence-corrected chi connectivity index (χ0v) is 27.0. The fourth-order valence-electron chi connectivity index (χ4n) is 8.40. The van der Waals surface area contributed by atoms with Crippen molar-refractivity contribution in [3.63, 3.8) is 0 Å². The Morgan fingerprint density at radius 2 is 1.69 bits per heavy atom. The summed E-state index contributed by atoms with van der Waals surface area (Å²) in [4.78, 5) is 34.1. The van der Waals surface area contributed by atoms with E-state index in [2.05, 4.69) is 85.6 Å². The van der Waals surface area contributed by atoms with Crippen molar-refractivity contribution in [2.75, 3.05) is 51.7 Å². The van der Waals surface area contributed by atoms with Crippen LogP contribution in [0.3, 0.4) is 0 Å². The fourth-order valence-corrected chi connectivity index (χ4v) is 8.40. The van der Waals surface area contributed by atoms with Gasteiger partial charge in [0.1, 0.15) is 11.9 Å². The second kappa shape index (κ2) is 13.6. The third-order valence-electron chi connectivity index (χ3n) is 10.8. The smallest absolute Gasteiger partial charge is 0.407 e. The van der Waals surface area contributed by atoms with Gasteiger partial charge in [-0.15, -0.1) is 0 Å². The SMILES string of the molecule is CNC(=O)O[C@H]1CCC[C@@H]1[C@](Cn1ccnc1C)(c1ccccc1)C1CCN(CC2CN(c3ccc(C(=O)NC)cc3)C2)CC1. The summed E-state index contributed by atoms with van der Waals surface area (Å²) >= 11 is 0. The molecule has 2 aromatic carbocycles. The maximum Gasteiger partial charge on any atom is 0.407 e. The average molecular weight is 613 g/mol. The highest BCUT2D eigenvalue weighted by atomic mass is 16.6. The molecule has 0 unspecified atom stereocenters. The molecule has 3 aliphatic rings. The molecule has 3 atom stereocenters. The van der Waals surface area contributed by atoms with Gasteiger partial charge in [-0.25, -0.2) is 9.78 Å². The Hall–Kier alpha value is -3.85. The number of aromatic nitrogens is 2. The highest BCUT2D eigenvalue weighted by Gasteiger charge is 2.53. The summed E-state index contributed by atoms with van der Waals surface area (Å²) in [5, 5.41) is 5.38. The minimum atomic E-state index is -0.334. The maximum absolute atomic E-state index is 12.5. The zero-order valence-electron chi connectivity index (χ0n) is 27.0. The van der Waals surface area contributed by atoms with E-state index in [9.17, 15) is 9.59 Å². The number of hydrogen-bond donors (Lipinski definition) is 2. The highest BCUT2D eigenvalue weighted by Crippen LogP contribution is 2.52. The van der Waals surface area contributed by atoms with Crippen molar-refractivity contribution in [1.29, 1.82) is 0 Å². The molecule has 45 heavy (non-hydrogen) atoms. The van der Waals surface area contributed by atoms with Crippen molar-refractivity contribution in [2.45, 2.75) is 57.1 Å². The average Bonchev–Trinajstić information content (AvgIpc) is 3.70. The second-order valence-corrected chi connectivity index (χ2v) is 13.2. The van der Waals surface area contributed by atoms with Gasteiger partial charge in [0.15, 0.2) is 0 Å². The third kappa shape index (κ3) is 6.45. The number of nitrogens with zero attached hydrogens (tertiary/aromatic N) is 4. The van der Waals surface area contributed by atoms with Crippen LogP contribution in [0, 0.1) is 24.7 Å². The summed E-state index contributed by atoms with van der Waals surface area (Å²) in [5.74, 6) is 2.30. The number of rotatable bonds is 10. The number of carbonyl (C=O) groups is 2. The summed E-state index contributed by atoms with van der Waals surface area (Å²) in [6.07, 6.45) is 8.81. The van der Waals surface area contributed by atoms with Crippen molar-refractivity contribution < 1.29 is 14.3 Å². The van der Waals surface area contributed by atoms with E-state index in [1.54, 1.807) is 14.1 Å². The topological polar surface area (TPSA) is 91.7 Å². The fraction of sp³-hybridized carbons (Fsp3) is 0.528. The molecule has 0 spiro atoms. The van der Waals surface area contributed by atoms with E-state index in [0.29, 0.717) is 17.4 Å².